The zero-order valence-electron chi connectivity index (χ0n) is 13.8. The molecule has 7 nitrogen and oxygen atoms in total. The highest BCUT2D eigenvalue weighted by Gasteiger charge is 2.46. The van der Waals surface area contributed by atoms with Crippen LogP contribution in [0.1, 0.15) is 40.5 Å². The molecule has 2 unspecified atom stereocenters. The standard InChI is InChI=1S/C15H24FNO6/c1-5-6-12(20)23-15-14(17-9(3)18)8(2)13(16)11(22-15)7-21-10(4)19/h8,11,13-15H,5-7H2,1-4H3,(H,17,18)/t8?,11?,13-,14-,15+/m0/s1. The number of amides is 1. The lowest BCUT2D eigenvalue weighted by molar-refractivity contribution is -0.243. The molecule has 5 atom stereocenters. The number of rotatable bonds is 6. The predicted molar refractivity (Wildman–Crippen MR) is 78.0 cm³/mol. The Morgan fingerprint density at radius 3 is 2.43 bits per heavy atom. The monoisotopic (exact) mass is 333 g/mol. The van der Waals surface area contributed by atoms with Crippen molar-refractivity contribution in [2.24, 2.45) is 5.92 Å². The first-order chi connectivity index (χ1) is 10.8. The summed E-state index contributed by atoms with van der Waals surface area (Å²) in [5.74, 6) is -2.11. The Labute approximate surface area is 134 Å². The van der Waals surface area contributed by atoms with Gasteiger partial charge >= 0.3 is 11.9 Å². The van der Waals surface area contributed by atoms with Gasteiger partial charge in [0, 0.05) is 26.2 Å². The van der Waals surface area contributed by atoms with Gasteiger partial charge < -0.3 is 19.5 Å². The van der Waals surface area contributed by atoms with Gasteiger partial charge in [-0.05, 0) is 6.42 Å². The van der Waals surface area contributed by atoms with Crippen molar-refractivity contribution in [3.05, 3.63) is 0 Å². The van der Waals surface area contributed by atoms with Crippen LogP contribution in [0, 0.1) is 5.92 Å². The van der Waals surface area contributed by atoms with E-state index in [1.807, 2.05) is 6.92 Å². The molecule has 1 fully saturated rings. The van der Waals surface area contributed by atoms with E-state index in [0.29, 0.717) is 6.42 Å². The average Bonchev–Trinajstić information content (AvgIpc) is 2.45. The van der Waals surface area contributed by atoms with Crippen LogP contribution in [-0.4, -0.2) is 49.1 Å². The molecule has 0 aromatic carbocycles. The summed E-state index contributed by atoms with van der Waals surface area (Å²) in [7, 11) is 0. The molecule has 0 radical (unpaired) electrons. The lowest BCUT2D eigenvalue weighted by atomic mass is 9.89. The van der Waals surface area contributed by atoms with Crippen LogP contribution in [0.15, 0.2) is 0 Å². The van der Waals surface area contributed by atoms with E-state index < -0.39 is 42.5 Å². The molecular formula is C15H24FNO6. The van der Waals surface area contributed by atoms with Crippen LogP contribution in [0.25, 0.3) is 0 Å². The van der Waals surface area contributed by atoms with Crippen molar-refractivity contribution in [1.29, 1.82) is 0 Å². The quantitative estimate of drug-likeness (QED) is 0.732. The molecule has 8 heteroatoms. The number of ether oxygens (including phenoxy) is 3. The van der Waals surface area contributed by atoms with Crippen LogP contribution < -0.4 is 5.32 Å². The summed E-state index contributed by atoms with van der Waals surface area (Å²) < 4.78 is 29.9. The number of carbonyl (C=O) groups is 3. The SMILES string of the molecule is CCCC(=O)O[C@H]1OC(COC(C)=O)[C@@H](F)C(C)[C@@H]1NC(C)=O. The van der Waals surface area contributed by atoms with Gasteiger partial charge in [0.1, 0.15) is 18.9 Å². The summed E-state index contributed by atoms with van der Waals surface area (Å²) in [5.41, 5.74) is 0. The summed E-state index contributed by atoms with van der Waals surface area (Å²) in [5, 5.41) is 2.56. The summed E-state index contributed by atoms with van der Waals surface area (Å²) in [4.78, 5) is 33.9. The molecule has 1 aliphatic rings. The van der Waals surface area contributed by atoms with Crippen molar-refractivity contribution >= 4 is 17.8 Å². The molecule has 0 saturated carbocycles. The summed E-state index contributed by atoms with van der Waals surface area (Å²) >= 11 is 0. The summed E-state index contributed by atoms with van der Waals surface area (Å²) in [6.45, 7) is 5.61. The molecular weight excluding hydrogens is 309 g/mol. The number of carbonyl (C=O) groups excluding carboxylic acids is 3. The van der Waals surface area contributed by atoms with E-state index in [2.05, 4.69) is 5.32 Å². The molecule has 0 bridgehead atoms. The van der Waals surface area contributed by atoms with Gasteiger partial charge in [-0.2, -0.15) is 0 Å². The lowest BCUT2D eigenvalue weighted by Crippen LogP contribution is -2.60. The Hall–Kier alpha value is -1.70. The molecule has 1 amide bonds. The molecule has 0 aromatic heterocycles. The zero-order valence-corrected chi connectivity index (χ0v) is 13.8. The first-order valence-corrected chi connectivity index (χ1v) is 7.65. The van der Waals surface area contributed by atoms with Crippen molar-refractivity contribution < 1.29 is 33.0 Å². The third-order valence-corrected chi connectivity index (χ3v) is 3.55. The average molecular weight is 333 g/mol. The third kappa shape index (κ3) is 5.78. The van der Waals surface area contributed by atoms with Crippen molar-refractivity contribution in [2.45, 2.75) is 65.1 Å². The number of hydrogen-bond acceptors (Lipinski definition) is 6. The topological polar surface area (TPSA) is 90.9 Å². The van der Waals surface area contributed by atoms with Gasteiger partial charge in [-0.25, -0.2) is 4.39 Å². The molecule has 0 aliphatic carbocycles. The fourth-order valence-corrected chi connectivity index (χ4v) is 2.38. The Kier molecular flexibility index (Phi) is 7.41. The molecule has 1 rings (SSSR count). The third-order valence-electron chi connectivity index (χ3n) is 3.55. The smallest absolute Gasteiger partial charge is 0.308 e. The minimum atomic E-state index is -1.48. The van der Waals surface area contributed by atoms with Crippen LogP contribution in [-0.2, 0) is 28.6 Å². The second kappa shape index (κ2) is 8.81. The number of esters is 2. The second-order valence-corrected chi connectivity index (χ2v) is 5.62. The van der Waals surface area contributed by atoms with Crippen molar-refractivity contribution in [3.63, 3.8) is 0 Å². The van der Waals surface area contributed by atoms with Gasteiger partial charge in [0.25, 0.3) is 0 Å². The van der Waals surface area contributed by atoms with E-state index in [9.17, 15) is 18.8 Å². The van der Waals surface area contributed by atoms with E-state index in [0.717, 1.165) is 0 Å². The molecule has 0 spiro atoms. The minimum absolute atomic E-state index is 0.189. The maximum atomic E-state index is 14.4. The Bertz CT molecular complexity index is 442. The van der Waals surface area contributed by atoms with Gasteiger partial charge in [-0.3, -0.25) is 14.4 Å². The fraction of sp³-hybridized carbons (Fsp3) is 0.800. The maximum Gasteiger partial charge on any atom is 0.308 e. The number of alkyl halides is 1. The van der Waals surface area contributed by atoms with E-state index in [4.69, 9.17) is 14.2 Å². The van der Waals surface area contributed by atoms with Crippen molar-refractivity contribution in [2.75, 3.05) is 6.61 Å². The maximum absolute atomic E-state index is 14.4. The summed E-state index contributed by atoms with van der Waals surface area (Å²) in [6.07, 6.45) is -2.88. The zero-order chi connectivity index (χ0) is 17.6. The van der Waals surface area contributed by atoms with Gasteiger partial charge in [0.15, 0.2) is 0 Å². The van der Waals surface area contributed by atoms with Crippen molar-refractivity contribution in [3.8, 4) is 0 Å². The van der Waals surface area contributed by atoms with Crippen LogP contribution in [0.2, 0.25) is 0 Å². The van der Waals surface area contributed by atoms with Crippen LogP contribution in [0.3, 0.4) is 0 Å². The first-order valence-electron chi connectivity index (χ1n) is 7.65. The van der Waals surface area contributed by atoms with Gasteiger partial charge in [0.2, 0.25) is 12.2 Å². The molecule has 1 heterocycles. The highest BCUT2D eigenvalue weighted by atomic mass is 19.1. The number of halogens is 1. The van der Waals surface area contributed by atoms with Gasteiger partial charge in [0.05, 0.1) is 6.04 Å². The number of hydrogen-bond donors (Lipinski definition) is 1. The lowest BCUT2D eigenvalue weighted by Gasteiger charge is -2.41. The highest BCUT2D eigenvalue weighted by Crippen LogP contribution is 2.29. The van der Waals surface area contributed by atoms with E-state index in [1.54, 1.807) is 6.92 Å². The largest absolute Gasteiger partial charge is 0.463 e. The molecule has 1 N–H and O–H groups in total. The van der Waals surface area contributed by atoms with E-state index >= 15 is 0 Å². The molecule has 132 valence electrons. The van der Waals surface area contributed by atoms with Gasteiger partial charge in [-0.1, -0.05) is 13.8 Å². The Morgan fingerprint density at radius 1 is 1.26 bits per heavy atom. The minimum Gasteiger partial charge on any atom is -0.463 e. The first kappa shape index (κ1) is 19.3. The highest BCUT2D eigenvalue weighted by molar-refractivity contribution is 5.73. The van der Waals surface area contributed by atoms with Crippen molar-refractivity contribution in [1.82, 2.24) is 5.32 Å². The van der Waals surface area contributed by atoms with Crippen LogP contribution >= 0.6 is 0 Å². The molecule has 23 heavy (non-hydrogen) atoms. The van der Waals surface area contributed by atoms with E-state index in [-0.39, 0.29) is 18.9 Å². The van der Waals surface area contributed by atoms with E-state index in [1.165, 1.54) is 13.8 Å². The predicted octanol–water partition coefficient (Wildman–Crippen LogP) is 1.10. The molecule has 0 aromatic rings. The molecule has 1 aliphatic heterocycles. The van der Waals surface area contributed by atoms with Crippen LogP contribution in [0.4, 0.5) is 4.39 Å². The Morgan fingerprint density at radius 2 is 1.91 bits per heavy atom. The normalized spacial score (nSPS) is 30.4. The molecule has 1 saturated heterocycles. The van der Waals surface area contributed by atoms with Crippen LogP contribution in [0.5, 0.6) is 0 Å². The summed E-state index contributed by atoms with van der Waals surface area (Å²) in [6, 6.07) is -0.808. The fourth-order valence-electron chi connectivity index (χ4n) is 2.38. The van der Waals surface area contributed by atoms with Gasteiger partial charge in [-0.15, -0.1) is 0 Å². The number of nitrogens with one attached hydrogen (secondary N) is 1. The second-order valence-electron chi connectivity index (χ2n) is 5.62. The Balaban J connectivity index is 2.85.